The van der Waals surface area contributed by atoms with Gasteiger partial charge in [-0.25, -0.2) is 14.6 Å². The molecule has 0 fully saturated rings. The second-order valence-corrected chi connectivity index (χ2v) is 7.83. The fourth-order valence-electron chi connectivity index (χ4n) is 3.09. The van der Waals surface area contributed by atoms with E-state index in [0.717, 1.165) is 12.1 Å². The van der Waals surface area contributed by atoms with E-state index >= 15 is 0 Å². The van der Waals surface area contributed by atoms with Crippen molar-refractivity contribution in [2.45, 2.75) is 19.1 Å². The summed E-state index contributed by atoms with van der Waals surface area (Å²) < 4.78 is 40.7. The molecule has 0 aliphatic rings. The maximum atomic E-state index is 13.1. The Morgan fingerprint density at radius 3 is 2.50 bits per heavy atom. The number of anilines is 1. The number of rotatable bonds is 7. The Bertz CT molecular complexity index is 1320. The van der Waals surface area contributed by atoms with Gasteiger partial charge in [-0.2, -0.15) is 18.3 Å². The number of carboxylic acids is 1. The summed E-state index contributed by atoms with van der Waals surface area (Å²) in [4.78, 5) is 31.6. The number of nitrogens with zero attached hydrogens (tertiary/aromatic N) is 4. The number of thiazole rings is 1. The number of nitrogens with one attached hydrogen (secondary N) is 1. The van der Waals surface area contributed by atoms with Crippen molar-refractivity contribution in [2.75, 3.05) is 5.32 Å². The predicted molar refractivity (Wildman–Crippen MR) is 118 cm³/mol. The van der Waals surface area contributed by atoms with E-state index in [1.54, 1.807) is 35.2 Å². The van der Waals surface area contributed by atoms with Crippen LogP contribution < -0.4 is 5.32 Å². The molecule has 2 aromatic heterocycles. The van der Waals surface area contributed by atoms with Crippen molar-refractivity contribution >= 4 is 28.9 Å². The van der Waals surface area contributed by atoms with Crippen LogP contribution in [-0.2, 0) is 17.5 Å². The van der Waals surface area contributed by atoms with Gasteiger partial charge in [0.2, 0.25) is 0 Å². The molecule has 2 aromatic carbocycles. The lowest BCUT2D eigenvalue weighted by Gasteiger charge is -2.07. The molecule has 4 rings (SSSR count). The quantitative estimate of drug-likeness (QED) is 0.387. The van der Waals surface area contributed by atoms with Gasteiger partial charge >= 0.3 is 12.1 Å². The minimum Gasteiger partial charge on any atom is -0.481 e. The van der Waals surface area contributed by atoms with Crippen LogP contribution >= 0.6 is 11.3 Å². The number of carboxylic acid groups (broad SMARTS) is 1. The lowest BCUT2D eigenvalue weighted by molar-refractivity contribution is -0.138. The molecule has 34 heavy (non-hydrogen) atoms. The zero-order chi connectivity index (χ0) is 24.3. The first-order chi connectivity index (χ1) is 16.2. The van der Waals surface area contributed by atoms with E-state index in [-0.39, 0.29) is 41.8 Å². The van der Waals surface area contributed by atoms with Crippen LogP contribution in [0.2, 0.25) is 0 Å². The van der Waals surface area contributed by atoms with E-state index in [9.17, 15) is 22.8 Å². The third kappa shape index (κ3) is 5.29. The summed E-state index contributed by atoms with van der Waals surface area (Å²) in [6.07, 6.45) is -4.77. The van der Waals surface area contributed by atoms with Gasteiger partial charge in [0, 0.05) is 22.2 Å². The van der Waals surface area contributed by atoms with Crippen LogP contribution in [-0.4, -0.2) is 36.7 Å². The highest BCUT2D eigenvalue weighted by Gasteiger charge is 2.31. The molecule has 0 spiro atoms. The Morgan fingerprint density at radius 1 is 1.09 bits per heavy atom. The first-order valence-corrected chi connectivity index (χ1v) is 10.8. The van der Waals surface area contributed by atoms with Gasteiger partial charge < -0.3 is 10.4 Å². The Kier molecular flexibility index (Phi) is 6.41. The number of aryl methyl sites for hydroxylation is 1. The summed E-state index contributed by atoms with van der Waals surface area (Å²) in [6, 6.07) is 11.1. The number of carbonyl (C=O) groups is 2. The fourth-order valence-corrected chi connectivity index (χ4v) is 3.62. The lowest BCUT2D eigenvalue weighted by atomic mass is 10.1. The molecule has 0 aliphatic carbocycles. The molecule has 0 bridgehead atoms. The molecule has 4 aromatic rings. The molecule has 174 valence electrons. The summed E-state index contributed by atoms with van der Waals surface area (Å²) >= 11 is 1.29. The smallest absolute Gasteiger partial charge is 0.416 e. The van der Waals surface area contributed by atoms with Gasteiger partial charge in [0.15, 0.2) is 11.6 Å². The van der Waals surface area contributed by atoms with Crippen LogP contribution in [0, 0.1) is 0 Å². The number of amides is 1. The number of halogens is 3. The van der Waals surface area contributed by atoms with Crippen molar-refractivity contribution in [1.29, 1.82) is 0 Å². The maximum absolute atomic E-state index is 13.1. The third-order valence-electron chi connectivity index (χ3n) is 4.72. The first-order valence-electron chi connectivity index (χ1n) is 9.85. The summed E-state index contributed by atoms with van der Waals surface area (Å²) in [5.74, 6) is -1.11. The molecule has 2 heterocycles. The van der Waals surface area contributed by atoms with E-state index < -0.39 is 17.7 Å². The maximum Gasteiger partial charge on any atom is 0.416 e. The van der Waals surface area contributed by atoms with Gasteiger partial charge in [-0.05, 0) is 36.4 Å². The number of aromatic nitrogens is 4. The number of benzene rings is 2. The monoisotopic (exact) mass is 487 g/mol. The molecular formula is C22H16F3N5O3S. The van der Waals surface area contributed by atoms with Crippen molar-refractivity contribution in [1.82, 2.24) is 19.7 Å². The molecule has 0 atom stereocenters. The van der Waals surface area contributed by atoms with Crippen LogP contribution in [0.3, 0.4) is 0 Å². The molecule has 0 radical (unpaired) electrons. The lowest BCUT2D eigenvalue weighted by Crippen LogP contribution is -2.12. The molecule has 0 saturated carbocycles. The number of alkyl halides is 3. The predicted octanol–water partition coefficient (Wildman–Crippen LogP) is 4.81. The van der Waals surface area contributed by atoms with Crippen molar-refractivity contribution < 1.29 is 27.9 Å². The molecule has 8 nitrogen and oxygen atoms in total. The Morgan fingerprint density at radius 2 is 1.85 bits per heavy atom. The highest BCUT2D eigenvalue weighted by atomic mass is 32.1. The van der Waals surface area contributed by atoms with Crippen LogP contribution in [0.15, 0.2) is 59.4 Å². The van der Waals surface area contributed by atoms with E-state index in [0.29, 0.717) is 11.3 Å². The third-order valence-corrected chi connectivity index (χ3v) is 5.31. The van der Waals surface area contributed by atoms with Crippen molar-refractivity contribution in [3.05, 3.63) is 70.7 Å². The summed E-state index contributed by atoms with van der Waals surface area (Å²) in [7, 11) is 0. The van der Waals surface area contributed by atoms with Gasteiger partial charge in [0.05, 0.1) is 24.0 Å². The Labute approximate surface area is 194 Å². The zero-order valence-electron chi connectivity index (χ0n) is 17.3. The van der Waals surface area contributed by atoms with Gasteiger partial charge in [-0.15, -0.1) is 11.3 Å². The van der Waals surface area contributed by atoms with Crippen molar-refractivity contribution in [3.8, 4) is 22.8 Å². The summed E-state index contributed by atoms with van der Waals surface area (Å²) in [5, 5.41) is 17.6. The van der Waals surface area contributed by atoms with Crippen LogP contribution in [0.4, 0.5) is 18.9 Å². The zero-order valence-corrected chi connectivity index (χ0v) is 18.1. The average molecular weight is 487 g/mol. The van der Waals surface area contributed by atoms with Gasteiger partial charge in [0.1, 0.15) is 5.69 Å². The molecular weight excluding hydrogens is 471 g/mol. The van der Waals surface area contributed by atoms with Gasteiger partial charge in [0.25, 0.3) is 5.91 Å². The second-order valence-electron chi connectivity index (χ2n) is 7.11. The van der Waals surface area contributed by atoms with E-state index in [2.05, 4.69) is 20.4 Å². The molecule has 2 N–H and O–H groups in total. The number of carbonyl (C=O) groups excluding carboxylic acids is 1. The SMILES string of the molecule is O=C(O)CCn1nc(-c2cccc(C(F)(F)F)c2)nc1-c1ccc(NC(=O)c2cscn2)cc1. The summed E-state index contributed by atoms with van der Waals surface area (Å²) in [5.41, 5.74) is 2.18. The van der Waals surface area contributed by atoms with E-state index in [1.807, 2.05) is 0 Å². The highest BCUT2D eigenvalue weighted by Crippen LogP contribution is 2.32. The van der Waals surface area contributed by atoms with Crippen molar-refractivity contribution in [2.24, 2.45) is 0 Å². The number of hydrogen-bond donors (Lipinski definition) is 2. The Balaban J connectivity index is 1.64. The molecule has 0 unspecified atom stereocenters. The van der Waals surface area contributed by atoms with Crippen LogP contribution in [0.1, 0.15) is 22.5 Å². The summed E-state index contributed by atoms with van der Waals surface area (Å²) in [6.45, 7) is -0.0288. The normalized spacial score (nSPS) is 11.4. The van der Waals surface area contributed by atoms with Crippen LogP contribution in [0.5, 0.6) is 0 Å². The Hall–Kier alpha value is -4.06. The minimum absolute atomic E-state index is 0.0288. The van der Waals surface area contributed by atoms with Crippen LogP contribution in [0.25, 0.3) is 22.8 Å². The topological polar surface area (TPSA) is 110 Å². The second kappa shape index (κ2) is 9.43. The van der Waals surface area contributed by atoms with E-state index in [1.165, 1.54) is 28.2 Å². The molecule has 12 heteroatoms. The van der Waals surface area contributed by atoms with Gasteiger partial charge in [-0.3, -0.25) is 9.59 Å². The average Bonchev–Trinajstić information content (AvgIpc) is 3.48. The highest BCUT2D eigenvalue weighted by molar-refractivity contribution is 7.07. The number of hydrogen-bond acceptors (Lipinski definition) is 6. The standard InChI is InChI=1S/C22H16F3N5O3S/c23-22(24,25)15-3-1-2-14(10-15)19-28-20(30(29-19)9-8-18(31)32)13-4-6-16(7-5-13)27-21(33)17-11-34-12-26-17/h1-7,10-12H,8-9H2,(H,27,33)(H,31,32). The van der Waals surface area contributed by atoms with Gasteiger partial charge in [-0.1, -0.05) is 12.1 Å². The van der Waals surface area contributed by atoms with Crippen molar-refractivity contribution in [3.63, 3.8) is 0 Å². The molecule has 1 amide bonds. The largest absolute Gasteiger partial charge is 0.481 e. The minimum atomic E-state index is -4.52. The first kappa shape index (κ1) is 23.1. The molecule has 0 saturated heterocycles. The number of aliphatic carboxylic acids is 1. The fraction of sp³-hybridized carbons (Fsp3) is 0.136. The van der Waals surface area contributed by atoms with E-state index in [4.69, 9.17) is 5.11 Å². The molecule has 0 aliphatic heterocycles.